The highest BCUT2D eigenvalue weighted by atomic mass is 79.9. The van der Waals surface area contributed by atoms with Gasteiger partial charge < -0.3 is 10.1 Å². The van der Waals surface area contributed by atoms with Gasteiger partial charge in [0, 0.05) is 16.7 Å². The van der Waals surface area contributed by atoms with Gasteiger partial charge in [-0.2, -0.15) is 0 Å². The van der Waals surface area contributed by atoms with Gasteiger partial charge in [0.2, 0.25) is 0 Å². The number of ether oxygens (including phenoxy) is 1. The maximum Gasteiger partial charge on any atom is 0.138 e. The average molecular weight is 455 g/mol. The maximum absolute atomic E-state index is 13.2. The zero-order valence-electron chi connectivity index (χ0n) is 13.6. The fraction of sp³-hybridized carbons (Fsp3) is 0.100. The van der Waals surface area contributed by atoms with Crippen molar-refractivity contribution in [3.63, 3.8) is 0 Å². The summed E-state index contributed by atoms with van der Waals surface area (Å²) in [6.07, 6.45) is 0. The molecule has 0 aliphatic rings. The van der Waals surface area contributed by atoms with Crippen molar-refractivity contribution in [2.75, 3.05) is 5.32 Å². The monoisotopic (exact) mass is 453 g/mol. The third-order valence-corrected chi connectivity index (χ3v) is 5.22. The molecule has 0 bridgehead atoms. The molecule has 0 fully saturated rings. The van der Waals surface area contributed by atoms with Crippen LogP contribution in [0.3, 0.4) is 0 Å². The molecule has 1 N–H and O–H groups in total. The zero-order chi connectivity index (χ0) is 18.5. The van der Waals surface area contributed by atoms with Gasteiger partial charge in [0.1, 0.15) is 18.2 Å². The van der Waals surface area contributed by atoms with Gasteiger partial charge in [0.15, 0.2) is 0 Å². The van der Waals surface area contributed by atoms with Crippen LogP contribution in [0.15, 0.2) is 65.1 Å². The van der Waals surface area contributed by atoms with E-state index >= 15 is 0 Å². The van der Waals surface area contributed by atoms with E-state index in [0.29, 0.717) is 22.3 Å². The number of hydrogen-bond donors (Lipinski definition) is 1. The van der Waals surface area contributed by atoms with Gasteiger partial charge in [-0.05, 0) is 69.5 Å². The number of anilines is 1. The Hall–Kier alpha value is -1.75. The molecule has 0 saturated carbocycles. The molecule has 0 radical (unpaired) electrons. The fourth-order valence-corrected chi connectivity index (χ4v) is 3.05. The first-order valence-corrected chi connectivity index (χ1v) is 9.41. The highest BCUT2D eigenvalue weighted by molar-refractivity contribution is 9.10. The van der Waals surface area contributed by atoms with E-state index in [2.05, 4.69) is 21.2 Å². The van der Waals surface area contributed by atoms with Crippen LogP contribution >= 0.6 is 39.1 Å². The minimum absolute atomic E-state index is 0.256. The van der Waals surface area contributed by atoms with Gasteiger partial charge in [-0.25, -0.2) is 4.39 Å². The van der Waals surface area contributed by atoms with Crippen LogP contribution in [0.4, 0.5) is 10.1 Å². The van der Waals surface area contributed by atoms with Crippen LogP contribution < -0.4 is 10.1 Å². The first-order valence-electron chi connectivity index (χ1n) is 7.86. The molecule has 0 unspecified atom stereocenters. The molecule has 0 aliphatic carbocycles. The van der Waals surface area contributed by atoms with E-state index in [1.807, 2.05) is 36.4 Å². The van der Waals surface area contributed by atoms with Crippen LogP contribution in [0.5, 0.6) is 5.75 Å². The summed E-state index contributed by atoms with van der Waals surface area (Å²) in [5, 5.41) is 4.45. The van der Waals surface area contributed by atoms with Gasteiger partial charge in [-0.15, -0.1) is 0 Å². The van der Waals surface area contributed by atoms with Gasteiger partial charge in [0.05, 0.1) is 10.0 Å². The molecule has 134 valence electrons. The second-order valence-electron chi connectivity index (χ2n) is 5.67. The minimum atomic E-state index is -0.285. The molecule has 6 heteroatoms. The second-order valence-corrected chi connectivity index (χ2v) is 7.33. The van der Waals surface area contributed by atoms with E-state index in [-0.39, 0.29) is 12.4 Å². The third kappa shape index (κ3) is 5.13. The summed E-state index contributed by atoms with van der Waals surface area (Å²) < 4.78 is 19.7. The van der Waals surface area contributed by atoms with E-state index < -0.39 is 0 Å². The molecule has 3 rings (SSSR count). The smallest absolute Gasteiger partial charge is 0.138 e. The Kier molecular flexibility index (Phi) is 6.41. The quantitative estimate of drug-likeness (QED) is 0.429. The van der Waals surface area contributed by atoms with Crippen molar-refractivity contribution < 1.29 is 9.13 Å². The molecular weight excluding hydrogens is 440 g/mol. The van der Waals surface area contributed by atoms with E-state index in [9.17, 15) is 4.39 Å². The fourth-order valence-electron chi connectivity index (χ4n) is 2.37. The SMILES string of the molecule is Fc1cccc(COc2ccc(CNc3ccc(Br)c(Cl)c3)cc2Cl)c1. The summed E-state index contributed by atoms with van der Waals surface area (Å²) in [7, 11) is 0. The van der Waals surface area contributed by atoms with Gasteiger partial charge in [-0.3, -0.25) is 0 Å². The molecule has 2 nitrogen and oxygen atoms in total. The van der Waals surface area contributed by atoms with E-state index in [0.717, 1.165) is 21.3 Å². The first-order chi connectivity index (χ1) is 12.5. The summed E-state index contributed by atoms with van der Waals surface area (Å²) in [5.41, 5.74) is 2.67. The summed E-state index contributed by atoms with van der Waals surface area (Å²) in [4.78, 5) is 0. The topological polar surface area (TPSA) is 21.3 Å². The lowest BCUT2D eigenvalue weighted by Gasteiger charge is -2.11. The number of hydrogen-bond acceptors (Lipinski definition) is 2. The van der Waals surface area contributed by atoms with Gasteiger partial charge in [0.25, 0.3) is 0 Å². The van der Waals surface area contributed by atoms with Gasteiger partial charge >= 0.3 is 0 Å². The van der Waals surface area contributed by atoms with Crippen LogP contribution in [-0.4, -0.2) is 0 Å². The molecule has 0 heterocycles. The number of nitrogens with one attached hydrogen (secondary N) is 1. The Balaban J connectivity index is 1.60. The molecule has 0 amide bonds. The van der Waals surface area contributed by atoms with Crippen LogP contribution in [0.1, 0.15) is 11.1 Å². The average Bonchev–Trinajstić information content (AvgIpc) is 2.62. The normalized spacial score (nSPS) is 10.6. The molecule has 0 atom stereocenters. The Labute approximate surface area is 170 Å². The first kappa shape index (κ1) is 19.0. The van der Waals surface area contributed by atoms with E-state index in [4.69, 9.17) is 27.9 Å². The molecule has 0 aliphatic heterocycles. The summed E-state index contributed by atoms with van der Waals surface area (Å²) in [6.45, 7) is 0.855. The maximum atomic E-state index is 13.2. The van der Waals surface area contributed by atoms with Crippen LogP contribution in [0, 0.1) is 5.82 Å². The van der Waals surface area contributed by atoms with E-state index in [1.54, 1.807) is 12.1 Å². The molecule has 0 aromatic heterocycles. The van der Waals surface area contributed by atoms with Crippen molar-refractivity contribution in [1.82, 2.24) is 0 Å². The van der Waals surface area contributed by atoms with Crippen LogP contribution in [0.25, 0.3) is 0 Å². The van der Waals surface area contributed by atoms with Crippen molar-refractivity contribution in [3.8, 4) is 5.75 Å². The van der Waals surface area contributed by atoms with Gasteiger partial charge in [-0.1, -0.05) is 41.4 Å². The molecular formula is C20H15BrCl2FNO. The number of benzene rings is 3. The molecule has 0 spiro atoms. The van der Waals surface area contributed by atoms with Crippen LogP contribution in [0.2, 0.25) is 10.0 Å². The largest absolute Gasteiger partial charge is 0.487 e. The molecule has 26 heavy (non-hydrogen) atoms. The standard InChI is InChI=1S/C20H15BrCl2FNO/c21-17-6-5-16(10-18(17)22)25-11-13-4-7-20(19(23)9-13)26-12-14-2-1-3-15(24)8-14/h1-10,25H,11-12H2. The van der Waals surface area contributed by atoms with Crippen molar-refractivity contribution in [3.05, 3.63) is 92.1 Å². The number of rotatable bonds is 6. The third-order valence-electron chi connectivity index (χ3n) is 3.70. The lowest BCUT2D eigenvalue weighted by molar-refractivity contribution is 0.305. The molecule has 3 aromatic rings. The molecule has 0 saturated heterocycles. The number of halogens is 4. The highest BCUT2D eigenvalue weighted by Crippen LogP contribution is 2.28. The van der Waals surface area contributed by atoms with Crippen molar-refractivity contribution in [1.29, 1.82) is 0 Å². The Morgan fingerprint density at radius 1 is 0.923 bits per heavy atom. The summed E-state index contributed by atoms with van der Waals surface area (Å²) in [6, 6.07) is 17.6. The van der Waals surface area contributed by atoms with Crippen LogP contribution in [-0.2, 0) is 13.2 Å². The van der Waals surface area contributed by atoms with E-state index in [1.165, 1.54) is 12.1 Å². The second kappa shape index (κ2) is 8.76. The Morgan fingerprint density at radius 3 is 2.50 bits per heavy atom. The Bertz CT molecular complexity index is 920. The summed E-state index contributed by atoms with van der Waals surface area (Å²) >= 11 is 15.8. The summed E-state index contributed by atoms with van der Waals surface area (Å²) in [5.74, 6) is 0.276. The van der Waals surface area contributed by atoms with Crippen molar-refractivity contribution in [2.45, 2.75) is 13.2 Å². The minimum Gasteiger partial charge on any atom is -0.487 e. The zero-order valence-corrected chi connectivity index (χ0v) is 16.7. The predicted molar refractivity (Wildman–Crippen MR) is 109 cm³/mol. The Morgan fingerprint density at radius 2 is 1.77 bits per heavy atom. The lowest BCUT2D eigenvalue weighted by atomic mass is 10.2. The molecule has 3 aromatic carbocycles. The van der Waals surface area contributed by atoms with Crippen molar-refractivity contribution in [2.24, 2.45) is 0 Å². The lowest BCUT2D eigenvalue weighted by Crippen LogP contribution is -2.01. The highest BCUT2D eigenvalue weighted by Gasteiger charge is 2.05. The predicted octanol–water partition coefficient (Wildman–Crippen LogP) is 7.09. The van der Waals surface area contributed by atoms with Crippen molar-refractivity contribution >= 4 is 44.8 Å².